The summed E-state index contributed by atoms with van der Waals surface area (Å²) in [5.74, 6) is 0. The molecule has 0 aliphatic heterocycles. The van der Waals surface area contributed by atoms with Crippen molar-refractivity contribution in [2.75, 3.05) is 14.1 Å². The lowest BCUT2D eigenvalue weighted by atomic mass is 10.2. The standard InChI is InChI=1S/C7H17N.2C2H6/c1-5-6-7(2)8(3)4;2*1-2/h7H,5-6H2,1-4H3;2*1-2H3/t7-;;/m0../s1. The Hall–Kier alpha value is -0.0400. The first-order valence-corrected chi connectivity index (χ1v) is 5.35. The summed E-state index contributed by atoms with van der Waals surface area (Å²) in [6, 6.07) is 0.750. The third-order valence-electron chi connectivity index (χ3n) is 1.59. The summed E-state index contributed by atoms with van der Waals surface area (Å²) in [4.78, 5) is 2.25. The van der Waals surface area contributed by atoms with E-state index in [-0.39, 0.29) is 0 Å². The topological polar surface area (TPSA) is 3.24 Å². The van der Waals surface area contributed by atoms with Gasteiger partial charge in [-0.2, -0.15) is 0 Å². The average Bonchev–Trinajstić information content (AvgIpc) is 2.12. The summed E-state index contributed by atoms with van der Waals surface area (Å²) < 4.78 is 0. The Morgan fingerprint density at radius 2 is 1.33 bits per heavy atom. The third-order valence-corrected chi connectivity index (χ3v) is 1.59. The molecule has 0 spiro atoms. The molecule has 0 unspecified atom stereocenters. The minimum atomic E-state index is 0.750. The van der Waals surface area contributed by atoms with Gasteiger partial charge in [0.15, 0.2) is 0 Å². The molecule has 0 bridgehead atoms. The van der Waals surface area contributed by atoms with Gasteiger partial charge in [0.2, 0.25) is 0 Å². The minimum absolute atomic E-state index is 0.750. The van der Waals surface area contributed by atoms with E-state index < -0.39 is 0 Å². The summed E-state index contributed by atoms with van der Waals surface area (Å²) in [6.07, 6.45) is 2.60. The van der Waals surface area contributed by atoms with E-state index in [0.29, 0.717) is 0 Å². The van der Waals surface area contributed by atoms with Crippen LogP contribution in [0.4, 0.5) is 0 Å². The fourth-order valence-electron chi connectivity index (χ4n) is 0.676. The fourth-order valence-corrected chi connectivity index (χ4v) is 0.676. The Labute approximate surface area is 80.2 Å². The van der Waals surface area contributed by atoms with Gasteiger partial charge in [-0.05, 0) is 27.4 Å². The van der Waals surface area contributed by atoms with Crippen molar-refractivity contribution in [2.24, 2.45) is 0 Å². The lowest BCUT2D eigenvalue weighted by Gasteiger charge is -2.17. The molecule has 0 radical (unpaired) electrons. The molecule has 0 aliphatic carbocycles. The zero-order chi connectivity index (χ0) is 10.6. The minimum Gasteiger partial charge on any atom is -0.307 e. The quantitative estimate of drug-likeness (QED) is 0.631. The molecule has 0 fully saturated rings. The Bertz CT molecular complexity index is 51.0. The first kappa shape index (κ1) is 17.9. The van der Waals surface area contributed by atoms with E-state index >= 15 is 0 Å². The molecular weight excluding hydrogens is 146 g/mol. The highest BCUT2D eigenvalue weighted by atomic mass is 15.1. The van der Waals surface area contributed by atoms with Crippen molar-refractivity contribution in [1.82, 2.24) is 4.90 Å². The van der Waals surface area contributed by atoms with Gasteiger partial charge < -0.3 is 4.90 Å². The molecule has 0 aromatic rings. The molecule has 12 heavy (non-hydrogen) atoms. The van der Waals surface area contributed by atoms with Gasteiger partial charge in [-0.3, -0.25) is 0 Å². The molecule has 0 saturated carbocycles. The van der Waals surface area contributed by atoms with E-state index in [1.807, 2.05) is 27.7 Å². The van der Waals surface area contributed by atoms with Crippen LogP contribution in [0.1, 0.15) is 54.4 Å². The smallest absolute Gasteiger partial charge is 0.00607 e. The SMILES string of the molecule is CC.CC.CCC[C@H](C)N(C)C. The molecule has 0 aromatic carbocycles. The van der Waals surface area contributed by atoms with E-state index in [2.05, 4.69) is 32.8 Å². The molecule has 1 atom stereocenters. The Morgan fingerprint density at radius 3 is 1.42 bits per heavy atom. The molecule has 0 N–H and O–H groups in total. The summed E-state index contributed by atoms with van der Waals surface area (Å²) in [5.41, 5.74) is 0. The Morgan fingerprint density at radius 1 is 1.00 bits per heavy atom. The molecule has 78 valence electrons. The number of nitrogens with zero attached hydrogens (tertiary/aromatic N) is 1. The lowest BCUT2D eigenvalue weighted by Crippen LogP contribution is -2.23. The Kier molecular flexibility index (Phi) is 25.6. The van der Waals surface area contributed by atoms with Crippen LogP contribution < -0.4 is 0 Å². The number of hydrogen-bond acceptors (Lipinski definition) is 1. The highest BCUT2D eigenvalue weighted by Gasteiger charge is 1.99. The summed E-state index contributed by atoms with van der Waals surface area (Å²) in [5, 5.41) is 0. The van der Waals surface area contributed by atoms with Crippen LogP contribution in [0.15, 0.2) is 0 Å². The molecule has 1 nitrogen and oxygen atoms in total. The molecule has 0 saturated heterocycles. The normalized spacial score (nSPS) is 10.8. The summed E-state index contributed by atoms with van der Waals surface area (Å²) in [6.45, 7) is 12.5. The van der Waals surface area contributed by atoms with Gasteiger partial charge in [0, 0.05) is 6.04 Å². The van der Waals surface area contributed by atoms with Crippen molar-refractivity contribution in [3.05, 3.63) is 0 Å². The van der Waals surface area contributed by atoms with Crippen molar-refractivity contribution in [3.63, 3.8) is 0 Å². The van der Waals surface area contributed by atoms with Crippen molar-refractivity contribution in [1.29, 1.82) is 0 Å². The second-order valence-corrected chi connectivity index (χ2v) is 2.60. The van der Waals surface area contributed by atoms with Crippen molar-refractivity contribution in [2.45, 2.75) is 60.4 Å². The molecule has 0 aliphatic rings. The van der Waals surface area contributed by atoms with E-state index in [1.54, 1.807) is 0 Å². The van der Waals surface area contributed by atoms with E-state index in [4.69, 9.17) is 0 Å². The molecule has 0 amide bonds. The molecule has 1 heteroatoms. The summed E-state index contributed by atoms with van der Waals surface area (Å²) in [7, 11) is 4.25. The first-order valence-electron chi connectivity index (χ1n) is 5.35. The van der Waals surface area contributed by atoms with Crippen molar-refractivity contribution >= 4 is 0 Å². The monoisotopic (exact) mass is 175 g/mol. The second kappa shape index (κ2) is 17.2. The Balaban J connectivity index is -0.000000175. The largest absolute Gasteiger partial charge is 0.307 e. The van der Waals surface area contributed by atoms with E-state index in [9.17, 15) is 0 Å². The molecule has 0 aromatic heterocycles. The van der Waals surface area contributed by atoms with Gasteiger partial charge in [-0.1, -0.05) is 41.0 Å². The van der Waals surface area contributed by atoms with Crippen LogP contribution in [-0.4, -0.2) is 25.0 Å². The maximum absolute atomic E-state index is 2.25. The maximum Gasteiger partial charge on any atom is 0.00607 e. The van der Waals surface area contributed by atoms with Gasteiger partial charge in [-0.15, -0.1) is 0 Å². The van der Waals surface area contributed by atoms with Crippen molar-refractivity contribution < 1.29 is 0 Å². The second-order valence-electron chi connectivity index (χ2n) is 2.60. The fraction of sp³-hybridized carbons (Fsp3) is 1.00. The molecular formula is C11H29N. The average molecular weight is 175 g/mol. The third kappa shape index (κ3) is 16.5. The van der Waals surface area contributed by atoms with Crippen LogP contribution in [0.5, 0.6) is 0 Å². The van der Waals surface area contributed by atoms with Crippen LogP contribution in [0.2, 0.25) is 0 Å². The molecule has 0 heterocycles. The predicted molar refractivity (Wildman–Crippen MR) is 60.8 cm³/mol. The van der Waals surface area contributed by atoms with Gasteiger partial charge >= 0.3 is 0 Å². The van der Waals surface area contributed by atoms with Crippen LogP contribution in [0.25, 0.3) is 0 Å². The first-order chi connectivity index (χ1) is 5.68. The lowest BCUT2D eigenvalue weighted by molar-refractivity contribution is 0.297. The maximum atomic E-state index is 2.25. The number of hydrogen-bond donors (Lipinski definition) is 0. The van der Waals surface area contributed by atoms with E-state index in [0.717, 1.165) is 6.04 Å². The van der Waals surface area contributed by atoms with Crippen LogP contribution in [0.3, 0.4) is 0 Å². The van der Waals surface area contributed by atoms with Crippen LogP contribution >= 0.6 is 0 Å². The van der Waals surface area contributed by atoms with Crippen LogP contribution in [0, 0.1) is 0 Å². The predicted octanol–water partition coefficient (Wildman–Crippen LogP) is 3.79. The zero-order valence-corrected chi connectivity index (χ0v) is 10.4. The zero-order valence-electron chi connectivity index (χ0n) is 10.4. The van der Waals surface area contributed by atoms with Gasteiger partial charge in [0.05, 0.1) is 0 Å². The van der Waals surface area contributed by atoms with Crippen LogP contribution in [-0.2, 0) is 0 Å². The van der Waals surface area contributed by atoms with Gasteiger partial charge in [0.1, 0.15) is 0 Å². The number of rotatable bonds is 3. The van der Waals surface area contributed by atoms with E-state index in [1.165, 1.54) is 12.8 Å². The molecule has 0 rings (SSSR count). The highest BCUT2D eigenvalue weighted by Crippen LogP contribution is 1.99. The summed E-state index contributed by atoms with van der Waals surface area (Å²) >= 11 is 0. The van der Waals surface area contributed by atoms with Gasteiger partial charge in [-0.25, -0.2) is 0 Å². The van der Waals surface area contributed by atoms with Crippen molar-refractivity contribution in [3.8, 4) is 0 Å². The van der Waals surface area contributed by atoms with Gasteiger partial charge in [0.25, 0.3) is 0 Å². The highest BCUT2D eigenvalue weighted by molar-refractivity contribution is 4.56.